The van der Waals surface area contributed by atoms with Crippen LogP contribution in [0.25, 0.3) is 0 Å². The SMILES string of the molecule is CCNC(=NCCCCCCC(C)C)N1CCC(COCCOC)C1. The Hall–Kier alpha value is -0.810. The summed E-state index contributed by atoms with van der Waals surface area (Å²) in [4.78, 5) is 7.24. The van der Waals surface area contributed by atoms with E-state index in [9.17, 15) is 0 Å². The number of rotatable bonds is 13. The minimum absolute atomic E-state index is 0.608. The van der Waals surface area contributed by atoms with Crippen molar-refractivity contribution in [1.82, 2.24) is 10.2 Å². The van der Waals surface area contributed by atoms with Crippen LogP contribution < -0.4 is 5.32 Å². The molecule has 25 heavy (non-hydrogen) atoms. The number of likely N-dealkylation sites (tertiary alicyclic amines) is 1. The molecule has 1 saturated heterocycles. The van der Waals surface area contributed by atoms with E-state index in [1.165, 1.54) is 38.5 Å². The number of hydrogen-bond donors (Lipinski definition) is 1. The Labute approximate surface area is 155 Å². The van der Waals surface area contributed by atoms with Gasteiger partial charge in [-0.15, -0.1) is 0 Å². The molecule has 0 spiro atoms. The topological polar surface area (TPSA) is 46.1 Å². The van der Waals surface area contributed by atoms with Gasteiger partial charge >= 0.3 is 0 Å². The maximum absolute atomic E-state index is 5.69. The molecule has 1 rings (SSSR count). The Morgan fingerprint density at radius 3 is 2.72 bits per heavy atom. The van der Waals surface area contributed by atoms with E-state index in [1.807, 2.05) is 0 Å². The number of nitrogens with zero attached hydrogens (tertiary/aromatic N) is 2. The summed E-state index contributed by atoms with van der Waals surface area (Å²) in [6.45, 7) is 12.9. The molecule has 0 bridgehead atoms. The van der Waals surface area contributed by atoms with Gasteiger partial charge in [-0.1, -0.05) is 39.5 Å². The van der Waals surface area contributed by atoms with Crippen molar-refractivity contribution in [3.63, 3.8) is 0 Å². The van der Waals surface area contributed by atoms with Crippen molar-refractivity contribution in [2.75, 3.05) is 53.1 Å². The largest absolute Gasteiger partial charge is 0.382 e. The predicted octanol–water partition coefficient (Wildman–Crippen LogP) is 3.54. The third kappa shape index (κ3) is 10.7. The zero-order valence-electron chi connectivity index (χ0n) is 17.1. The van der Waals surface area contributed by atoms with Crippen LogP contribution >= 0.6 is 0 Å². The van der Waals surface area contributed by atoms with Crippen molar-refractivity contribution in [3.05, 3.63) is 0 Å². The van der Waals surface area contributed by atoms with Crippen molar-refractivity contribution >= 4 is 5.96 Å². The zero-order valence-corrected chi connectivity index (χ0v) is 17.1. The molecule has 1 N–H and O–H groups in total. The molecule has 1 unspecified atom stereocenters. The lowest BCUT2D eigenvalue weighted by Crippen LogP contribution is -2.40. The molecule has 0 amide bonds. The van der Waals surface area contributed by atoms with E-state index in [0.717, 1.165) is 44.7 Å². The molecular weight excluding hydrogens is 314 g/mol. The Morgan fingerprint density at radius 1 is 1.20 bits per heavy atom. The fourth-order valence-electron chi connectivity index (χ4n) is 3.18. The molecular formula is C20H41N3O2. The highest BCUT2D eigenvalue weighted by Crippen LogP contribution is 2.17. The molecule has 1 heterocycles. The number of aliphatic imine (C=N–C) groups is 1. The highest BCUT2D eigenvalue weighted by molar-refractivity contribution is 5.80. The second-order valence-corrected chi connectivity index (χ2v) is 7.50. The minimum atomic E-state index is 0.608. The van der Waals surface area contributed by atoms with Crippen LogP contribution in [-0.4, -0.2) is 64.0 Å². The molecule has 1 aliphatic heterocycles. The molecule has 1 aliphatic rings. The van der Waals surface area contributed by atoms with E-state index >= 15 is 0 Å². The Bertz CT molecular complexity index is 348. The van der Waals surface area contributed by atoms with Gasteiger partial charge in [-0.2, -0.15) is 0 Å². The molecule has 1 fully saturated rings. The van der Waals surface area contributed by atoms with Crippen LogP contribution in [0.3, 0.4) is 0 Å². The van der Waals surface area contributed by atoms with Crippen LogP contribution in [0.1, 0.15) is 59.3 Å². The van der Waals surface area contributed by atoms with Gasteiger partial charge < -0.3 is 19.7 Å². The Kier molecular flexibility index (Phi) is 12.8. The highest BCUT2D eigenvalue weighted by Gasteiger charge is 2.24. The molecule has 0 saturated carbocycles. The lowest BCUT2D eigenvalue weighted by molar-refractivity contribution is 0.0536. The van der Waals surface area contributed by atoms with Gasteiger partial charge in [0.1, 0.15) is 0 Å². The standard InChI is InChI=1S/C20H41N3O2/c1-5-21-20(22-12-9-7-6-8-10-18(2)3)23-13-11-19(16-23)17-25-15-14-24-4/h18-19H,5-17H2,1-4H3,(H,21,22). The van der Waals surface area contributed by atoms with E-state index < -0.39 is 0 Å². The van der Waals surface area contributed by atoms with Gasteiger partial charge in [-0.25, -0.2) is 0 Å². The average Bonchev–Trinajstić information content (AvgIpc) is 3.05. The van der Waals surface area contributed by atoms with Gasteiger partial charge in [-0.3, -0.25) is 4.99 Å². The quantitative estimate of drug-likeness (QED) is 0.312. The maximum atomic E-state index is 5.69. The molecule has 0 aromatic carbocycles. The lowest BCUT2D eigenvalue weighted by atomic mass is 10.0. The first-order valence-corrected chi connectivity index (χ1v) is 10.3. The normalized spacial score (nSPS) is 18.4. The summed E-state index contributed by atoms with van der Waals surface area (Å²) in [5.74, 6) is 2.53. The summed E-state index contributed by atoms with van der Waals surface area (Å²) >= 11 is 0. The first-order valence-electron chi connectivity index (χ1n) is 10.3. The van der Waals surface area contributed by atoms with Crippen LogP contribution in [-0.2, 0) is 9.47 Å². The van der Waals surface area contributed by atoms with Crippen molar-refractivity contribution in [2.45, 2.75) is 59.3 Å². The summed E-state index contributed by atoms with van der Waals surface area (Å²) < 4.78 is 10.7. The summed E-state index contributed by atoms with van der Waals surface area (Å²) in [5, 5.41) is 3.45. The van der Waals surface area contributed by atoms with Crippen LogP contribution in [0.4, 0.5) is 0 Å². The first kappa shape index (κ1) is 22.2. The van der Waals surface area contributed by atoms with E-state index in [2.05, 4.69) is 31.0 Å². The predicted molar refractivity (Wildman–Crippen MR) is 106 cm³/mol. The summed E-state index contributed by atoms with van der Waals surface area (Å²) in [7, 11) is 1.71. The molecule has 0 aliphatic carbocycles. The van der Waals surface area contributed by atoms with Gasteiger partial charge in [0.2, 0.25) is 0 Å². The molecule has 5 nitrogen and oxygen atoms in total. The first-order chi connectivity index (χ1) is 12.2. The van der Waals surface area contributed by atoms with Crippen LogP contribution in [0.2, 0.25) is 0 Å². The Morgan fingerprint density at radius 2 is 2.00 bits per heavy atom. The molecule has 5 heteroatoms. The number of guanidine groups is 1. The summed E-state index contributed by atoms with van der Waals surface area (Å²) in [5.41, 5.74) is 0. The monoisotopic (exact) mass is 355 g/mol. The van der Waals surface area contributed by atoms with Crippen molar-refractivity contribution < 1.29 is 9.47 Å². The van der Waals surface area contributed by atoms with Gasteiger partial charge in [0, 0.05) is 39.2 Å². The lowest BCUT2D eigenvalue weighted by Gasteiger charge is -2.21. The minimum Gasteiger partial charge on any atom is -0.382 e. The fraction of sp³-hybridized carbons (Fsp3) is 0.950. The van der Waals surface area contributed by atoms with Crippen molar-refractivity contribution in [1.29, 1.82) is 0 Å². The van der Waals surface area contributed by atoms with E-state index in [1.54, 1.807) is 7.11 Å². The van der Waals surface area contributed by atoms with Gasteiger partial charge in [0.05, 0.1) is 19.8 Å². The number of ether oxygens (including phenoxy) is 2. The van der Waals surface area contributed by atoms with E-state index in [-0.39, 0.29) is 0 Å². The van der Waals surface area contributed by atoms with Crippen LogP contribution in [0.15, 0.2) is 4.99 Å². The smallest absolute Gasteiger partial charge is 0.193 e. The molecule has 0 aromatic rings. The van der Waals surface area contributed by atoms with E-state index in [0.29, 0.717) is 19.1 Å². The molecule has 0 aromatic heterocycles. The molecule has 0 radical (unpaired) electrons. The number of hydrogen-bond acceptors (Lipinski definition) is 3. The van der Waals surface area contributed by atoms with E-state index in [4.69, 9.17) is 14.5 Å². The van der Waals surface area contributed by atoms with Crippen molar-refractivity contribution in [2.24, 2.45) is 16.8 Å². The third-order valence-corrected chi connectivity index (χ3v) is 4.66. The fourth-order valence-corrected chi connectivity index (χ4v) is 3.18. The van der Waals surface area contributed by atoms with Gasteiger partial charge in [0.25, 0.3) is 0 Å². The van der Waals surface area contributed by atoms with Gasteiger partial charge in [-0.05, 0) is 25.7 Å². The maximum Gasteiger partial charge on any atom is 0.193 e. The number of unbranched alkanes of at least 4 members (excludes halogenated alkanes) is 3. The third-order valence-electron chi connectivity index (χ3n) is 4.66. The van der Waals surface area contributed by atoms with Gasteiger partial charge in [0.15, 0.2) is 5.96 Å². The highest BCUT2D eigenvalue weighted by atomic mass is 16.5. The molecule has 1 atom stereocenters. The number of methoxy groups -OCH3 is 1. The summed E-state index contributed by atoms with van der Waals surface area (Å²) in [6.07, 6.45) is 7.74. The van der Waals surface area contributed by atoms with Crippen molar-refractivity contribution in [3.8, 4) is 0 Å². The second-order valence-electron chi connectivity index (χ2n) is 7.50. The van der Waals surface area contributed by atoms with Crippen LogP contribution in [0.5, 0.6) is 0 Å². The zero-order chi connectivity index (χ0) is 18.3. The average molecular weight is 356 g/mol. The summed E-state index contributed by atoms with van der Waals surface area (Å²) in [6, 6.07) is 0. The van der Waals surface area contributed by atoms with Crippen LogP contribution in [0, 0.1) is 11.8 Å². The Balaban J connectivity index is 2.23. The molecule has 148 valence electrons. The second kappa shape index (κ2) is 14.4. The number of nitrogens with one attached hydrogen (secondary N) is 1.